The second kappa shape index (κ2) is 9.56. The smallest absolute Gasteiger partial charge is 0.191 e. The monoisotopic (exact) mass is 504 g/mol. The molecule has 1 aromatic carbocycles. The molecule has 7 heteroatoms. The largest absolute Gasteiger partial charge is 0.353 e. The summed E-state index contributed by atoms with van der Waals surface area (Å²) in [6, 6.07) is 11.1. The van der Waals surface area contributed by atoms with E-state index < -0.39 is 0 Å². The maximum absolute atomic E-state index is 4.77. The highest BCUT2D eigenvalue weighted by Crippen LogP contribution is 2.22. The van der Waals surface area contributed by atoms with Gasteiger partial charge in [-0.2, -0.15) is 5.10 Å². The van der Waals surface area contributed by atoms with Gasteiger partial charge in [0, 0.05) is 43.3 Å². The van der Waals surface area contributed by atoms with Crippen molar-refractivity contribution >= 4 is 40.7 Å². The molecule has 4 rings (SSSR count). The van der Waals surface area contributed by atoms with Gasteiger partial charge in [-0.05, 0) is 43.7 Å². The van der Waals surface area contributed by atoms with Crippen LogP contribution in [0.4, 0.5) is 0 Å². The number of benzene rings is 1. The molecule has 0 aliphatic heterocycles. The van der Waals surface area contributed by atoms with E-state index in [1.807, 2.05) is 19.3 Å². The Bertz CT molecular complexity index is 989. The number of hydrogen-bond donors (Lipinski definition) is 2. The molecule has 1 aliphatic rings. The Balaban J connectivity index is 0.00000240. The quantitative estimate of drug-likeness (QED) is 0.322. The molecule has 0 saturated carbocycles. The molecule has 2 aromatic heterocycles. The molecule has 0 amide bonds. The first-order valence-electron chi connectivity index (χ1n) is 10.0. The minimum absolute atomic E-state index is 0. The first-order valence-corrected chi connectivity index (χ1v) is 10.0. The lowest BCUT2D eigenvalue weighted by Crippen LogP contribution is -2.45. The van der Waals surface area contributed by atoms with E-state index in [1.54, 1.807) is 0 Å². The fourth-order valence-corrected chi connectivity index (χ4v) is 3.78. The van der Waals surface area contributed by atoms with E-state index in [-0.39, 0.29) is 24.0 Å². The van der Waals surface area contributed by atoms with Crippen molar-refractivity contribution in [2.75, 3.05) is 7.05 Å². The highest BCUT2D eigenvalue weighted by Gasteiger charge is 2.23. The molecule has 1 atom stereocenters. The number of nitrogens with zero attached hydrogens (tertiary/aromatic N) is 4. The zero-order valence-electron chi connectivity index (χ0n) is 17.2. The van der Waals surface area contributed by atoms with Gasteiger partial charge < -0.3 is 10.6 Å². The highest BCUT2D eigenvalue weighted by molar-refractivity contribution is 14.0. The third kappa shape index (κ3) is 4.88. The number of nitrogens with one attached hydrogen (secondary N) is 2. The standard InChI is InChI=1S/C22H28N6.HI/c1-15(2)28-14-17-8-9-18(12-20(17)27-28)26-22(23-3)25-13-21-19-7-5-4-6-16(19)10-11-24-21;/h4-7,10-11,14-15,18H,8-9,12-13H2,1-3H3,(H2,23,25,26);1H. The van der Waals surface area contributed by atoms with Gasteiger partial charge in [0.1, 0.15) is 0 Å². The summed E-state index contributed by atoms with van der Waals surface area (Å²) >= 11 is 0. The van der Waals surface area contributed by atoms with Crippen LogP contribution in [0.3, 0.4) is 0 Å². The van der Waals surface area contributed by atoms with Crippen LogP contribution in [0.15, 0.2) is 47.7 Å². The minimum atomic E-state index is 0. The molecule has 0 saturated heterocycles. The number of aromatic nitrogens is 3. The molecule has 0 spiro atoms. The second-order valence-corrected chi connectivity index (χ2v) is 7.66. The summed E-state index contributed by atoms with van der Waals surface area (Å²) in [4.78, 5) is 8.96. The van der Waals surface area contributed by atoms with Crippen molar-refractivity contribution in [3.63, 3.8) is 0 Å². The molecule has 0 bridgehead atoms. The highest BCUT2D eigenvalue weighted by atomic mass is 127. The molecule has 0 fully saturated rings. The molecule has 1 aliphatic carbocycles. The first-order chi connectivity index (χ1) is 13.6. The fraction of sp³-hybridized carbons (Fsp3) is 0.409. The van der Waals surface area contributed by atoms with Gasteiger partial charge in [-0.25, -0.2) is 0 Å². The Kier molecular flexibility index (Phi) is 7.10. The van der Waals surface area contributed by atoms with Gasteiger partial charge in [0.2, 0.25) is 0 Å². The average molecular weight is 504 g/mol. The van der Waals surface area contributed by atoms with Gasteiger partial charge in [-0.1, -0.05) is 24.3 Å². The average Bonchev–Trinajstić information content (AvgIpc) is 3.15. The molecule has 2 N–H and O–H groups in total. The molecular weight excluding hydrogens is 475 g/mol. The predicted molar refractivity (Wildman–Crippen MR) is 129 cm³/mol. The van der Waals surface area contributed by atoms with Crippen LogP contribution in [0, 0.1) is 0 Å². The fourth-order valence-electron chi connectivity index (χ4n) is 3.78. The molecule has 1 unspecified atom stereocenters. The summed E-state index contributed by atoms with van der Waals surface area (Å²) in [5.41, 5.74) is 3.63. The van der Waals surface area contributed by atoms with E-state index in [9.17, 15) is 0 Å². The number of hydrogen-bond acceptors (Lipinski definition) is 3. The molecule has 6 nitrogen and oxygen atoms in total. The van der Waals surface area contributed by atoms with Crippen LogP contribution in [-0.4, -0.2) is 33.8 Å². The maximum Gasteiger partial charge on any atom is 0.191 e. The minimum Gasteiger partial charge on any atom is -0.353 e. The lowest BCUT2D eigenvalue weighted by Gasteiger charge is -2.24. The molecule has 3 aromatic rings. The molecule has 154 valence electrons. The Hall–Kier alpha value is -2.16. The van der Waals surface area contributed by atoms with Gasteiger partial charge in [0.25, 0.3) is 0 Å². The number of rotatable bonds is 4. The third-order valence-corrected chi connectivity index (χ3v) is 5.37. The van der Waals surface area contributed by atoms with Gasteiger partial charge in [0.05, 0.1) is 17.9 Å². The summed E-state index contributed by atoms with van der Waals surface area (Å²) in [5.74, 6) is 0.812. The van der Waals surface area contributed by atoms with Crippen molar-refractivity contribution in [1.82, 2.24) is 25.4 Å². The Morgan fingerprint density at radius 3 is 2.90 bits per heavy atom. The van der Waals surface area contributed by atoms with Crippen LogP contribution in [0.5, 0.6) is 0 Å². The van der Waals surface area contributed by atoms with Crippen LogP contribution < -0.4 is 10.6 Å². The van der Waals surface area contributed by atoms with Crippen LogP contribution >= 0.6 is 24.0 Å². The van der Waals surface area contributed by atoms with E-state index in [2.05, 4.69) is 69.6 Å². The second-order valence-electron chi connectivity index (χ2n) is 7.66. The number of aliphatic imine (C=N–C) groups is 1. The topological polar surface area (TPSA) is 67.1 Å². The molecular formula is C22H29IN6. The summed E-state index contributed by atoms with van der Waals surface area (Å²) in [6.45, 7) is 4.98. The first kappa shape index (κ1) is 21.5. The van der Waals surface area contributed by atoms with Crippen molar-refractivity contribution < 1.29 is 0 Å². The Morgan fingerprint density at radius 1 is 1.28 bits per heavy atom. The van der Waals surface area contributed by atoms with Gasteiger partial charge in [-0.3, -0.25) is 14.7 Å². The van der Waals surface area contributed by atoms with Crippen LogP contribution in [-0.2, 0) is 19.4 Å². The summed E-state index contributed by atoms with van der Waals surface area (Å²) in [5, 5.41) is 14.1. The molecule has 2 heterocycles. The van der Waals surface area contributed by atoms with Crippen LogP contribution in [0.25, 0.3) is 10.8 Å². The number of guanidine groups is 1. The number of aryl methyl sites for hydroxylation is 1. The summed E-state index contributed by atoms with van der Waals surface area (Å²) in [6.07, 6.45) is 7.15. The van der Waals surface area contributed by atoms with Crippen LogP contribution in [0.2, 0.25) is 0 Å². The van der Waals surface area contributed by atoms with E-state index in [0.29, 0.717) is 18.6 Å². The van der Waals surface area contributed by atoms with E-state index in [4.69, 9.17) is 5.10 Å². The Morgan fingerprint density at radius 2 is 2.10 bits per heavy atom. The summed E-state index contributed by atoms with van der Waals surface area (Å²) < 4.78 is 2.08. The van der Waals surface area contributed by atoms with E-state index in [1.165, 1.54) is 22.0 Å². The van der Waals surface area contributed by atoms with Crippen molar-refractivity contribution in [3.8, 4) is 0 Å². The normalized spacial score (nSPS) is 16.4. The SMILES string of the molecule is CN=C(NCc1nccc2ccccc12)NC1CCc2cn(C(C)C)nc2C1.I. The molecule has 0 radical (unpaired) electrons. The van der Waals surface area contributed by atoms with E-state index >= 15 is 0 Å². The zero-order chi connectivity index (χ0) is 19.5. The summed E-state index contributed by atoms with van der Waals surface area (Å²) in [7, 11) is 1.81. The number of pyridine rings is 1. The number of fused-ring (bicyclic) bond motifs is 2. The Labute approximate surface area is 189 Å². The number of halogens is 1. The third-order valence-electron chi connectivity index (χ3n) is 5.37. The predicted octanol–water partition coefficient (Wildman–Crippen LogP) is 3.85. The molecule has 29 heavy (non-hydrogen) atoms. The lowest BCUT2D eigenvalue weighted by atomic mass is 9.94. The van der Waals surface area contributed by atoms with Crippen molar-refractivity contribution in [1.29, 1.82) is 0 Å². The lowest BCUT2D eigenvalue weighted by molar-refractivity contribution is 0.499. The van der Waals surface area contributed by atoms with Crippen molar-refractivity contribution in [2.24, 2.45) is 4.99 Å². The van der Waals surface area contributed by atoms with Gasteiger partial charge >= 0.3 is 0 Å². The van der Waals surface area contributed by atoms with Gasteiger partial charge in [0.15, 0.2) is 5.96 Å². The van der Waals surface area contributed by atoms with E-state index in [0.717, 1.165) is 30.9 Å². The van der Waals surface area contributed by atoms with Crippen LogP contribution in [0.1, 0.15) is 43.3 Å². The maximum atomic E-state index is 4.77. The van der Waals surface area contributed by atoms with Crippen molar-refractivity contribution in [3.05, 3.63) is 59.7 Å². The van der Waals surface area contributed by atoms with Gasteiger partial charge in [-0.15, -0.1) is 24.0 Å². The zero-order valence-corrected chi connectivity index (χ0v) is 19.6. The van der Waals surface area contributed by atoms with Crippen molar-refractivity contribution in [2.45, 2.75) is 51.7 Å².